The molecule has 1 heterocycles. The lowest BCUT2D eigenvalue weighted by molar-refractivity contribution is 0.289. The average molecular weight is 194 g/mol. The van der Waals surface area contributed by atoms with E-state index in [1.54, 1.807) is 17.4 Å². The van der Waals surface area contributed by atoms with Crippen LogP contribution in [0, 0.1) is 0 Å². The molecule has 0 saturated carbocycles. The third-order valence-corrected chi connectivity index (χ3v) is 2.41. The molecule has 2 rings (SSSR count). The zero-order valence-electron chi connectivity index (χ0n) is 6.68. The standard InChI is InChI=1S/C8H7BO3S/c10-9(11)12-8-2-1-6-5-13-4-3-7(6)8/h1-5,10-11H. The molecule has 0 unspecified atom stereocenters. The molecule has 5 heteroatoms. The molecule has 0 bridgehead atoms. The Hall–Kier alpha value is -1.04. The third-order valence-electron chi connectivity index (χ3n) is 1.73. The van der Waals surface area contributed by atoms with Crippen LogP contribution < -0.4 is 4.65 Å². The molecule has 0 aromatic rings. The van der Waals surface area contributed by atoms with Gasteiger partial charge >= 0.3 is 7.32 Å². The number of hydrogen-bond acceptors (Lipinski definition) is 4. The van der Waals surface area contributed by atoms with Crippen LogP contribution in [-0.4, -0.2) is 17.4 Å². The smallest absolute Gasteiger partial charge is 0.512 e. The minimum atomic E-state index is -1.76. The van der Waals surface area contributed by atoms with Crippen LogP contribution >= 0.6 is 11.3 Å². The normalized spacial score (nSPS) is 10.3. The zero-order valence-corrected chi connectivity index (χ0v) is 7.49. The molecule has 0 spiro atoms. The van der Waals surface area contributed by atoms with Crippen molar-refractivity contribution in [2.24, 2.45) is 0 Å². The van der Waals surface area contributed by atoms with Gasteiger partial charge in [0.2, 0.25) is 0 Å². The number of hydrogen-bond donors (Lipinski definition) is 2. The maximum Gasteiger partial charge on any atom is 0.707 e. The van der Waals surface area contributed by atoms with Gasteiger partial charge in [-0.3, -0.25) is 0 Å². The fraction of sp³-hybridized carbons (Fsp3) is 0. The summed E-state index contributed by atoms with van der Waals surface area (Å²) in [4.78, 5) is 0. The molecule has 0 amide bonds. The molecule has 0 saturated heterocycles. The van der Waals surface area contributed by atoms with E-state index < -0.39 is 7.32 Å². The van der Waals surface area contributed by atoms with E-state index in [4.69, 9.17) is 14.7 Å². The first-order chi connectivity index (χ1) is 6.27. The van der Waals surface area contributed by atoms with E-state index >= 15 is 0 Å². The Bertz CT molecular complexity index is 374. The molecular formula is C8H7BO3S. The molecule has 66 valence electrons. The van der Waals surface area contributed by atoms with Crippen molar-refractivity contribution in [2.45, 2.75) is 0 Å². The summed E-state index contributed by atoms with van der Waals surface area (Å²) in [5.74, 6) is 0.498. The van der Waals surface area contributed by atoms with E-state index in [9.17, 15) is 0 Å². The Kier molecular flexibility index (Phi) is 2.22. The summed E-state index contributed by atoms with van der Waals surface area (Å²) < 4.78 is 4.78. The lowest BCUT2D eigenvalue weighted by Gasteiger charge is -2.04. The minimum Gasteiger partial charge on any atom is -0.512 e. The van der Waals surface area contributed by atoms with Crippen molar-refractivity contribution in [1.29, 1.82) is 0 Å². The molecule has 13 heavy (non-hydrogen) atoms. The van der Waals surface area contributed by atoms with Crippen LogP contribution in [0.4, 0.5) is 0 Å². The summed E-state index contributed by atoms with van der Waals surface area (Å²) in [6.45, 7) is 0. The monoisotopic (exact) mass is 194 g/mol. The third kappa shape index (κ3) is 1.67. The predicted molar refractivity (Wildman–Crippen MR) is 51.8 cm³/mol. The number of rotatable bonds is 2. The molecule has 1 aliphatic carbocycles. The van der Waals surface area contributed by atoms with Gasteiger partial charge in [-0.1, -0.05) is 0 Å². The van der Waals surface area contributed by atoms with Crippen LogP contribution in [0.2, 0.25) is 0 Å². The van der Waals surface area contributed by atoms with Gasteiger partial charge in [0.1, 0.15) is 5.75 Å². The lowest BCUT2D eigenvalue weighted by atomic mass is 10.2. The van der Waals surface area contributed by atoms with Gasteiger partial charge in [-0.25, -0.2) is 0 Å². The second kappa shape index (κ2) is 3.37. The fourth-order valence-electron chi connectivity index (χ4n) is 1.20. The van der Waals surface area contributed by atoms with Gasteiger partial charge in [-0.05, 0) is 34.5 Å². The highest BCUT2D eigenvalue weighted by Crippen LogP contribution is 2.34. The molecule has 0 radical (unpaired) electrons. The van der Waals surface area contributed by atoms with Gasteiger partial charge in [0, 0.05) is 5.56 Å². The second-order valence-electron chi connectivity index (χ2n) is 2.57. The molecule has 0 aromatic carbocycles. The maximum absolute atomic E-state index is 8.62. The summed E-state index contributed by atoms with van der Waals surface area (Å²) in [5, 5.41) is 21.1. The molecule has 0 aromatic heterocycles. The highest BCUT2D eigenvalue weighted by molar-refractivity contribution is 7.07. The van der Waals surface area contributed by atoms with Gasteiger partial charge in [-0.15, -0.1) is 0 Å². The topological polar surface area (TPSA) is 49.7 Å². The molecule has 0 fully saturated rings. The minimum absolute atomic E-state index is 0.498. The van der Waals surface area contributed by atoms with E-state index in [-0.39, 0.29) is 0 Å². The van der Waals surface area contributed by atoms with Crippen molar-refractivity contribution < 1.29 is 14.7 Å². The van der Waals surface area contributed by atoms with Gasteiger partial charge < -0.3 is 14.7 Å². The maximum atomic E-state index is 8.62. The van der Waals surface area contributed by atoms with Crippen molar-refractivity contribution in [3.05, 3.63) is 29.0 Å². The summed E-state index contributed by atoms with van der Waals surface area (Å²) in [6, 6.07) is 5.48. The van der Waals surface area contributed by atoms with E-state index in [1.807, 2.05) is 22.9 Å². The quantitative estimate of drug-likeness (QED) is 0.706. The SMILES string of the molecule is OB(O)Oc1ccc2csccc1-2. The largest absolute Gasteiger partial charge is 0.707 e. The van der Waals surface area contributed by atoms with Gasteiger partial charge in [-0.2, -0.15) is 11.3 Å². The molecule has 2 N–H and O–H groups in total. The van der Waals surface area contributed by atoms with Crippen molar-refractivity contribution >= 4 is 18.7 Å². The van der Waals surface area contributed by atoms with Crippen LogP contribution in [0.15, 0.2) is 29.0 Å². The van der Waals surface area contributed by atoms with Crippen LogP contribution in [0.1, 0.15) is 0 Å². The first kappa shape index (κ1) is 8.56. The van der Waals surface area contributed by atoms with Crippen LogP contribution in [-0.2, 0) is 0 Å². The fourth-order valence-corrected chi connectivity index (χ4v) is 1.85. The lowest BCUT2D eigenvalue weighted by Crippen LogP contribution is -2.20. The molecule has 3 nitrogen and oxygen atoms in total. The Labute approximate surface area is 79.7 Å². The van der Waals surface area contributed by atoms with E-state index in [1.165, 1.54) is 0 Å². The number of fused-ring (bicyclic) bond motifs is 1. The first-order valence-corrected chi connectivity index (χ1v) is 4.69. The Morgan fingerprint density at radius 2 is 2.08 bits per heavy atom. The summed E-state index contributed by atoms with van der Waals surface area (Å²) in [6.07, 6.45) is 0. The van der Waals surface area contributed by atoms with Crippen LogP contribution in [0.25, 0.3) is 11.1 Å². The van der Waals surface area contributed by atoms with Crippen LogP contribution in [0.3, 0.4) is 0 Å². The van der Waals surface area contributed by atoms with Gasteiger partial charge in [0.15, 0.2) is 0 Å². The Morgan fingerprint density at radius 3 is 2.85 bits per heavy atom. The highest BCUT2D eigenvalue weighted by atomic mass is 32.1. The highest BCUT2D eigenvalue weighted by Gasteiger charge is 2.16. The van der Waals surface area contributed by atoms with Crippen LogP contribution in [0.5, 0.6) is 5.75 Å². The summed E-state index contributed by atoms with van der Waals surface area (Å²) in [5.41, 5.74) is 1.94. The summed E-state index contributed by atoms with van der Waals surface area (Å²) in [7, 11) is -1.76. The zero-order chi connectivity index (χ0) is 9.26. The van der Waals surface area contributed by atoms with Crippen molar-refractivity contribution in [1.82, 2.24) is 0 Å². The first-order valence-electron chi connectivity index (χ1n) is 3.75. The second-order valence-corrected chi connectivity index (χ2v) is 3.35. The average Bonchev–Trinajstić information content (AvgIpc) is 2.48. The summed E-state index contributed by atoms with van der Waals surface area (Å²) >= 11 is 1.58. The van der Waals surface area contributed by atoms with Gasteiger partial charge in [0.05, 0.1) is 0 Å². The van der Waals surface area contributed by atoms with Crippen molar-refractivity contribution in [3.63, 3.8) is 0 Å². The Morgan fingerprint density at radius 1 is 1.23 bits per heavy atom. The van der Waals surface area contributed by atoms with E-state index in [2.05, 4.69) is 0 Å². The molecular weight excluding hydrogens is 187 g/mol. The molecule has 2 aliphatic rings. The van der Waals surface area contributed by atoms with E-state index in [0.717, 1.165) is 11.1 Å². The van der Waals surface area contributed by atoms with Gasteiger partial charge in [0.25, 0.3) is 0 Å². The van der Waals surface area contributed by atoms with Crippen molar-refractivity contribution in [2.75, 3.05) is 0 Å². The molecule has 0 atom stereocenters. The Balaban J connectivity index is 2.38. The van der Waals surface area contributed by atoms with E-state index in [0.29, 0.717) is 5.75 Å². The molecule has 1 aliphatic heterocycles. The predicted octanol–water partition coefficient (Wildman–Crippen LogP) is 1.20. The van der Waals surface area contributed by atoms with Crippen molar-refractivity contribution in [3.8, 4) is 16.9 Å².